The standard InChI is InChI=1S/C6H14O2S2/c1-3-5-6-10(7,8)9-4-2/h3-6H2,1-2H3. The summed E-state index contributed by atoms with van der Waals surface area (Å²) in [6.45, 7) is 3.85. The van der Waals surface area contributed by atoms with Crippen LogP contribution in [0.4, 0.5) is 0 Å². The van der Waals surface area contributed by atoms with Gasteiger partial charge in [-0.25, -0.2) is 8.42 Å². The lowest BCUT2D eigenvalue weighted by molar-refractivity contribution is 0.607. The molecule has 0 spiro atoms. The molecule has 62 valence electrons. The summed E-state index contributed by atoms with van der Waals surface area (Å²) in [5.74, 6) is 0.994. The van der Waals surface area contributed by atoms with Gasteiger partial charge in [0.1, 0.15) is 0 Å². The quantitative estimate of drug-likeness (QED) is 0.609. The minimum Gasteiger partial charge on any atom is -0.217 e. The SMILES string of the molecule is CCCCS(=O)(=O)SCC. The van der Waals surface area contributed by atoms with Gasteiger partial charge in [0.2, 0.25) is 8.87 Å². The molecule has 4 heteroatoms. The second-order valence-corrected chi connectivity index (χ2v) is 6.59. The molecule has 0 saturated carbocycles. The zero-order valence-electron chi connectivity index (χ0n) is 6.46. The summed E-state index contributed by atoms with van der Waals surface area (Å²) in [4.78, 5) is 0. The minimum atomic E-state index is -2.78. The summed E-state index contributed by atoms with van der Waals surface area (Å²) in [7, 11) is -1.73. The molecule has 0 atom stereocenters. The second-order valence-electron chi connectivity index (χ2n) is 2.02. The predicted octanol–water partition coefficient (Wildman–Crippen LogP) is 1.87. The lowest BCUT2D eigenvalue weighted by Crippen LogP contribution is -2.00. The molecule has 0 saturated heterocycles. The third-order valence-electron chi connectivity index (χ3n) is 1.05. The van der Waals surface area contributed by atoms with E-state index in [1.54, 1.807) is 0 Å². The van der Waals surface area contributed by atoms with E-state index in [2.05, 4.69) is 0 Å². The summed E-state index contributed by atoms with van der Waals surface area (Å²) < 4.78 is 21.9. The van der Waals surface area contributed by atoms with Crippen LogP contribution in [0.2, 0.25) is 0 Å². The molecule has 0 N–H and O–H groups in total. The Morgan fingerprint density at radius 2 is 1.90 bits per heavy atom. The molecule has 0 unspecified atom stereocenters. The summed E-state index contributed by atoms with van der Waals surface area (Å²) >= 11 is 0. The lowest BCUT2D eigenvalue weighted by Gasteiger charge is -1.98. The van der Waals surface area contributed by atoms with Crippen molar-refractivity contribution in [2.75, 3.05) is 11.5 Å². The first-order chi connectivity index (χ1) is 4.62. The van der Waals surface area contributed by atoms with Crippen molar-refractivity contribution in [2.24, 2.45) is 0 Å². The van der Waals surface area contributed by atoms with Gasteiger partial charge in [0, 0.05) is 5.75 Å². The fourth-order valence-corrected chi connectivity index (χ4v) is 3.46. The Hall–Kier alpha value is 0.300. The van der Waals surface area contributed by atoms with E-state index in [4.69, 9.17) is 0 Å². The highest BCUT2D eigenvalue weighted by atomic mass is 33.1. The first-order valence-corrected chi connectivity index (χ1v) is 6.65. The molecule has 0 aliphatic rings. The summed E-state index contributed by atoms with van der Waals surface area (Å²) in [6, 6.07) is 0. The van der Waals surface area contributed by atoms with Crippen molar-refractivity contribution in [2.45, 2.75) is 26.7 Å². The molecule has 0 radical (unpaired) electrons. The first-order valence-electron chi connectivity index (χ1n) is 3.49. The minimum absolute atomic E-state index is 0.335. The molecule has 0 bridgehead atoms. The molecule has 2 nitrogen and oxygen atoms in total. The Morgan fingerprint density at radius 3 is 2.30 bits per heavy atom. The van der Waals surface area contributed by atoms with E-state index < -0.39 is 8.87 Å². The van der Waals surface area contributed by atoms with Crippen molar-refractivity contribution < 1.29 is 8.42 Å². The molecular weight excluding hydrogens is 168 g/mol. The van der Waals surface area contributed by atoms with Crippen LogP contribution in [0.25, 0.3) is 0 Å². The Kier molecular flexibility index (Phi) is 5.17. The lowest BCUT2D eigenvalue weighted by atomic mass is 10.4. The van der Waals surface area contributed by atoms with Crippen LogP contribution in [0.3, 0.4) is 0 Å². The van der Waals surface area contributed by atoms with Gasteiger partial charge in [-0.1, -0.05) is 20.3 Å². The van der Waals surface area contributed by atoms with E-state index in [-0.39, 0.29) is 0 Å². The van der Waals surface area contributed by atoms with Gasteiger partial charge in [-0.2, -0.15) is 0 Å². The zero-order valence-corrected chi connectivity index (χ0v) is 8.09. The summed E-state index contributed by atoms with van der Waals surface area (Å²) in [5.41, 5.74) is 0. The fraction of sp³-hybridized carbons (Fsp3) is 1.00. The van der Waals surface area contributed by atoms with Crippen LogP contribution >= 0.6 is 10.8 Å². The van der Waals surface area contributed by atoms with Crippen molar-refractivity contribution >= 4 is 19.7 Å². The maximum atomic E-state index is 11.0. The van der Waals surface area contributed by atoms with Crippen molar-refractivity contribution in [3.05, 3.63) is 0 Å². The Labute approximate surface area is 66.7 Å². The van der Waals surface area contributed by atoms with E-state index in [1.165, 1.54) is 0 Å². The van der Waals surface area contributed by atoms with Gasteiger partial charge in [-0.05, 0) is 17.2 Å². The Morgan fingerprint density at radius 1 is 1.30 bits per heavy atom. The predicted molar refractivity (Wildman–Crippen MR) is 46.8 cm³/mol. The molecule has 0 aromatic carbocycles. The van der Waals surface area contributed by atoms with Crippen LogP contribution in [0, 0.1) is 0 Å². The fourth-order valence-electron chi connectivity index (χ4n) is 0.560. The van der Waals surface area contributed by atoms with Gasteiger partial charge in [0.15, 0.2) is 0 Å². The average Bonchev–Trinajstić information content (AvgIpc) is 1.84. The van der Waals surface area contributed by atoms with E-state index in [1.807, 2.05) is 13.8 Å². The number of hydrogen-bond donors (Lipinski definition) is 0. The van der Waals surface area contributed by atoms with Gasteiger partial charge < -0.3 is 0 Å². The molecule has 0 amide bonds. The van der Waals surface area contributed by atoms with Crippen LogP contribution in [0.1, 0.15) is 26.7 Å². The van der Waals surface area contributed by atoms with Gasteiger partial charge in [-0.15, -0.1) is 0 Å². The summed E-state index contributed by atoms with van der Waals surface area (Å²) in [6.07, 6.45) is 1.73. The second kappa shape index (κ2) is 5.02. The normalized spacial score (nSPS) is 11.8. The number of hydrogen-bond acceptors (Lipinski definition) is 3. The van der Waals surface area contributed by atoms with E-state index in [0.717, 1.165) is 23.6 Å². The van der Waals surface area contributed by atoms with Crippen LogP contribution in [-0.2, 0) is 8.87 Å². The average molecular weight is 182 g/mol. The molecule has 0 fully saturated rings. The van der Waals surface area contributed by atoms with Crippen molar-refractivity contribution in [1.82, 2.24) is 0 Å². The monoisotopic (exact) mass is 182 g/mol. The van der Waals surface area contributed by atoms with E-state index in [0.29, 0.717) is 11.5 Å². The maximum Gasteiger partial charge on any atom is 0.201 e. The van der Waals surface area contributed by atoms with Crippen molar-refractivity contribution in [1.29, 1.82) is 0 Å². The Balaban J connectivity index is 3.65. The largest absolute Gasteiger partial charge is 0.217 e. The summed E-state index contributed by atoms with van der Waals surface area (Å²) in [5, 5.41) is 0. The molecule has 0 heterocycles. The van der Waals surface area contributed by atoms with Gasteiger partial charge in [0.05, 0.1) is 5.75 Å². The number of unbranched alkanes of at least 4 members (excludes halogenated alkanes) is 1. The van der Waals surface area contributed by atoms with Crippen LogP contribution in [0.15, 0.2) is 0 Å². The zero-order chi connectivity index (χ0) is 8.04. The molecule has 0 aliphatic heterocycles. The van der Waals surface area contributed by atoms with Gasteiger partial charge in [-0.3, -0.25) is 0 Å². The maximum absolute atomic E-state index is 11.0. The molecule has 0 aromatic rings. The van der Waals surface area contributed by atoms with E-state index >= 15 is 0 Å². The molecule has 0 aromatic heterocycles. The van der Waals surface area contributed by atoms with Crippen molar-refractivity contribution in [3.8, 4) is 0 Å². The smallest absolute Gasteiger partial charge is 0.201 e. The molecule has 0 aliphatic carbocycles. The van der Waals surface area contributed by atoms with Crippen LogP contribution < -0.4 is 0 Å². The first kappa shape index (κ1) is 10.3. The highest BCUT2D eigenvalue weighted by Crippen LogP contribution is 2.13. The van der Waals surface area contributed by atoms with Gasteiger partial charge in [0.25, 0.3) is 0 Å². The topological polar surface area (TPSA) is 34.1 Å². The Bertz CT molecular complexity index is 161. The third-order valence-corrected chi connectivity index (χ3v) is 4.71. The molecular formula is C6H14O2S2. The highest BCUT2D eigenvalue weighted by Gasteiger charge is 2.07. The molecule has 10 heavy (non-hydrogen) atoms. The van der Waals surface area contributed by atoms with E-state index in [9.17, 15) is 8.42 Å². The molecule has 0 rings (SSSR count). The van der Waals surface area contributed by atoms with Crippen LogP contribution in [0.5, 0.6) is 0 Å². The van der Waals surface area contributed by atoms with Crippen LogP contribution in [-0.4, -0.2) is 19.9 Å². The van der Waals surface area contributed by atoms with Crippen molar-refractivity contribution in [3.63, 3.8) is 0 Å². The third kappa shape index (κ3) is 5.11. The number of rotatable bonds is 5. The van der Waals surface area contributed by atoms with Gasteiger partial charge >= 0.3 is 0 Å². The highest BCUT2D eigenvalue weighted by molar-refractivity contribution is 8.72.